The summed E-state index contributed by atoms with van der Waals surface area (Å²) in [6.45, 7) is 1.71. The third-order valence-electron chi connectivity index (χ3n) is 3.33. The minimum Gasteiger partial charge on any atom is -0.478 e. The fourth-order valence-electron chi connectivity index (χ4n) is 2.21. The number of benzene rings is 1. The second-order valence-electron chi connectivity index (χ2n) is 4.73. The molecule has 0 saturated carbocycles. The fraction of sp³-hybridized carbons (Fsp3) is 0.417. The first-order valence-corrected chi connectivity index (χ1v) is 7.97. The van der Waals surface area contributed by atoms with Gasteiger partial charge in [0, 0.05) is 26.2 Å². The maximum Gasteiger partial charge on any atom is 0.335 e. The Kier molecular flexibility index (Phi) is 3.87. The number of hydrogen-bond acceptors (Lipinski definition) is 5. The van der Waals surface area contributed by atoms with Crippen molar-refractivity contribution in [1.29, 1.82) is 0 Å². The van der Waals surface area contributed by atoms with E-state index in [9.17, 15) is 13.2 Å². The lowest BCUT2D eigenvalue weighted by molar-refractivity contribution is 0.0697. The van der Waals surface area contributed by atoms with Gasteiger partial charge in [0.1, 0.15) is 0 Å². The van der Waals surface area contributed by atoms with Gasteiger partial charge in [0.05, 0.1) is 23.2 Å². The summed E-state index contributed by atoms with van der Waals surface area (Å²) in [5.74, 6) is -1.01. The Hall–Kier alpha value is -1.80. The average molecular weight is 299 g/mol. The number of sulfonamides is 1. The Bertz CT molecular complexity index is 622. The predicted octanol–water partition coefficient (Wildman–Crippen LogP) is 0.0486. The van der Waals surface area contributed by atoms with Gasteiger partial charge < -0.3 is 15.7 Å². The molecule has 1 fully saturated rings. The van der Waals surface area contributed by atoms with Crippen LogP contribution in [0.15, 0.2) is 18.2 Å². The van der Waals surface area contributed by atoms with E-state index < -0.39 is 16.0 Å². The lowest BCUT2D eigenvalue weighted by atomic mass is 10.1. The minimum atomic E-state index is -3.18. The molecule has 3 N–H and O–H groups in total. The van der Waals surface area contributed by atoms with E-state index in [4.69, 9.17) is 10.8 Å². The van der Waals surface area contributed by atoms with E-state index in [1.165, 1.54) is 22.7 Å². The SMILES string of the molecule is CS(=O)(=O)N1CCN(c2cc(C(=O)O)ccc2N)CC1. The van der Waals surface area contributed by atoms with Crippen LogP contribution in [0.3, 0.4) is 0 Å². The van der Waals surface area contributed by atoms with Crippen LogP contribution in [0.1, 0.15) is 10.4 Å². The number of carboxylic acid groups (broad SMARTS) is 1. The van der Waals surface area contributed by atoms with Gasteiger partial charge in [0.15, 0.2) is 0 Å². The number of hydrogen-bond donors (Lipinski definition) is 2. The van der Waals surface area contributed by atoms with Gasteiger partial charge in [-0.25, -0.2) is 13.2 Å². The van der Waals surface area contributed by atoms with Crippen LogP contribution in [0, 0.1) is 0 Å². The first-order chi connectivity index (χ1) is 9.29. The van der Waals surface area contributed by atoms with Crippen LogP contribution in [-0.4, -0.2) is 56.2 Å². The molecule has 8 heteroatoms. The first-order valence-electron chi connectivity index (χ1n) is 6.12. The molecule has 0 spiro atoms. The molecule has 0 bridgehead atoms. The van der Waals surface area contributed by atoms with Crippen molar-refractivity contribution in [2.24, 2.45) is 0 Å². The topological polar surface area (TPSA) is 104 Å². The highest BCUT2D eigenvalue weighted by atomic mass is 32.2. The van der Waals surface area contributed by atoms with Gasteiger partial charge in [-0.2, -0.15) is 4.31 Å². The van der Waals surface area contributed by atoms with E-state index in [1.807, 2.05) is 4.90 Å². The van der Waals surface area contributed by atoms with E-state index in [2.05, 4.69) is 0 Å². The Balaban J connectivity index is 2.18. The molecule has 1 aromatic carbocycles. The molecule has 2 rings (SSSR count). The van der Waals surface area contributed by atoms with Gasteiger partial charge in [0.25, 0.3) is 0 Å². The summed E-state index contributed by atoms with van der Waals surface area (Å²) in [6, 6.07) is 4.53. The summed E-state index contributed by atoms with van der Waals surface area (Å²) in [4.78, 5) is 12.9. The van der Waals surface area contributed by atoms with E-state index in [-0.39, 0.29) is 5.56 Å². The zero-order chi connectivity index (χ0) is 14.9. The van der Waals surface area contributed by atoms with Gasteiger partial charge in [-0.3, -0.25) is 0 Å². The van der Waals surface area contributed by atoms with Crippen molar-refractivity contribution in [2.75, 3.05) is 43.1 Å². The number of carbonyl (C=O) groups is 1. The first kappa shape index (κ1) is 14.6. The van der Waals surface area contributed by atoms with Crippen LogP contribution in [0.2, 0.25) is 0 Å². The van der Waals surface area contributed by atoms with E-state index in [0.29, 0.717) is 37.6 Å². The molecule has 0 aromatic heterocycles. The van der Waals surface area contributed by atoms with Gasteiger partial charge >= 0.3 is 5.97 Å². The van der Waals surface area contributed by atoms with Crippen molar-refractivity contribution in [3.05, 3.63) is 23.8 Å². The number of aromatic carboxylic acids is 1. The number of carboxylic acids is 1. The Labute approximate surface area is 117 Å². The van der Waals surface area contributed by atoms with Crippen molar-refractivity contribution < 1.29 is 18.3 Å². The average Bonchev–Trinajstić information content (AvgIpc) is 2.38. The van der Waals surface area contributed by atoms with Crippen LogP contribution >= 0.6 is 0 Å². The summed E-state index contributed by atoms with van der Waals surface area (Å²) in [7, 11) is -3.18. The molecule has 0 radical (unpaired) electrons. The lowest BCUT2D eigenvalue weighted by Gasteiger charge is -2.35. The largest absolute Gasteiger partial charge is 0.478 e. The normalized spacial score (nSPS) is 17.1. The predicted molar refractivity (Wildman–Crippen MR) is 76.4 cm³/mol. The molecule has 0 unspecified atom stereocenters. The smallest absolute Gasteiger partial charge is 0.335 e. The standard InChI is InChI=1S/C12H17N3O4S/c1-20(18,19)15-6-4-14(5-7-15)11-8-9(12(16)17)2-3-10(11)13/h2-3,8H,4-7,13H2,1H3,(H,16,17). The third kappa shape index (κ3) is 3.02. The maximum atomic E-state index is 11.4. The van der Waals surface area contributed by atoms with Gasteiger partial charge in [-0.15, -0.1) is 0 Å². The van der Waals surface area contributed by atoms with Crippen LogP contribution in [0.4, 0.5) is 11.4 Å². The summed E-state index contributed by atoms with van der Waals surface area (Å²) in [5.41, 5.74) is 7.17. The van der Waals surface area contributed by atoms with Crippen molar-refractivity contribution >= 4 is 27.4 Å². The second-order valence-corrected chi connectivity index (χ2v) is 6.71. The van der Waals surface area contributed by atoms with E-state index in [1.54, 1.807) is 6.07 Å². The molecule has 110 valence electrons. The summed E-state index contributed by atoms with van der Waals surface area (Å²) >= 11 is 0. The number of nitrogens with zero attached hydrogens (tertiary/aromatic N) is 2. The molecule has 0 amide bonds. The second kappa shape index (κ2) is 5.29. The van der Waals surface area contributed by atoms with Crippen LogP contribution < -0.4 is 10.6 Å². The molecule has 1 heterocycles. The third-order valence-corrected chi connectivity index (χ3v) is 4.63. The molecule has 7 nitrogen and oxygen atoms in total. The molecule has 1 saturated heterocycles. The monoisotopic (exact) mass is 299 g/mol. The minimum absolute atomic E-state index is 0.166. The van der Waals surface area contributed by atoms with Crippen molar-refractivity contribution in [2.45, 2.75) is 0 Å². The van der Waals surface area contributed by atoms with E-state index >= 15 is 0 Å². The van der Waals surface area contributed by atoms with Crippen LogP contribution in [0.5, 0.6) is 0 Å². The van der Waals surface area contributed by atoms with Gasteiger partial charge in [0.2, 0.25) is 10.0 Å². The number of anilines is 2. The highest BCUT2D eigenvalue weighted by Gasteiger charge is 2.24. The molecular formula is C12H17N3O4S. The van der Waals surface area contributed by atoms with Crippen molar-refractivity contribution in [3.8, 4) is 0 Å². The molecule has 1 aromatic rings. The van der Waals surface area contributed by atoms with Crippen molar-refractivity contribution in [3.63, 3.8) is 0 Å². The van der Waals surface area contributed by atoms with Crippen molar-refractivity contribution in [1.82, 2.24) is 4.31 Å². The van der Waals surface area contributed by atoms with E-state index in [0.717, 1.165) is 0 Å². The zero-order valence-electron chi connectivity index (χ0n) is 11.1. The number of nitrogen functional groups attached to an aromatic ring is 1. The Morgan fingerprint density at radius 1 is 1.25 bits per heavy atom. The highest BCUT2D eigenvalue weighted by molar-refractivity contribution is 7.88. The number of piperazine rings is 1. The maximum absolute atomic E-state index is 11.4. The fourth-order valence-corrected chi connectivity index (χ4v) is 3.04. The zero-order valence-corrected chi connectivity index (χ0v) is 11.9. The van der Waals surface area contributed by atoms with Gasteiger partial charge in [-0.05, 0) is 18.2 Å². The Morgan fingerprint density at radius 3 is 2.35 bits per heavy atom. The summed E-state index contributed by atoms with van der Waals surface area (Å²) in [6.07, 6.45) is 1.18. The molecule has 20 heavy (non-hydrogen) atoms. The lowest BCUT2D eigenvalue weighted by Crippen LogP contribution is -2.48. The van der Waals surface area contributed by atoms with Gasteiger partial charge in [-0.1, -0.05) is 0 Å². The number of rotatable bonds is 3. The summed E-state index contributed by atoms with van der Waals surface area (Å²) in [5, 5.41) is 9.00. The quantitative estimate of drug-likeness (QED) is 0.764. The number of nitrogens with two attached hydrogens (primary N) is 1. The molecule has 0 atom stereocenters. The molecule has 0 aliphatic carbocycles. The summed E-state index contributed by atoms with van der Waals surface area (Å²) < 4.78 is 24.3. The molecular weight excluding hydrogens is 282 g/mol. The molecule has 1 aliphatic rings. The highest BCUT2D eigenvalue weighted by Crippen LogP contribution is 2.26. The Morgan fingerprint density at radius 2 is 1.85 bits per heavy atom. The van der Waals surface area contributed by atoms with Crippen LogP contribution in [0.25, 0.3) is 0 Å². The molecule has 1 aliphatic heterocycles. The van der Waals surface area contributed by atoms with Crippen LogP contribution in [-0.2, 0) is 10.0 Å².